The first-order chi connectivity index (χ1) is 6.02. The molecule has 0 aromatic rings. The van der Waals surface area contributed by atoms with Crippen molar-refractivity contribution in [1.82, 2.24) is 5.06 Å². The highest BCUT2D eigenvalue weighted by molar-refractivity contribution is 6.03. The first-order valence-corrected chi connectivity index (χ1v) is 3.49. The van der Waals surface area contributed by atoms with E-state index in [4.69, 9.17) is 10.3 Å². The lowest BCUT2D eigenvalue weighted by atomic mass is 10.1. The summed E-state index contributed by atoms with van der Waals surface area (Å²) < 4.78 is 0. The summed E-state index contributed by atoms with van der Waals surface area (Å²) in [5, 5.41) is 17.0. The second kappa shape index (κ2) is 3.36. The molecule has 1 unspecified atom stereocenters. The maximum absolute atomic E-state index is 10.9. The van der Waals surface area contributed by atoms with Crippen LogP contribution in [0, 0.1) is 5.92 Å². The van der Waals surface area contributed by atoms with Crippen LogP contribution >= 0.6 is 0 Å². The summed E-state index contributed by atoms with van der Waals surface area (Å²) in [7, 11) is 0. The third kappa shape index (κ3) is 1.91. The molecule has 2 amide bonds. The summed E-state index contributed by atoms with van der Waals surface area (Å²) in [5.74, 6) is -3.56. The van der Waals surface area contributed by atoms with Crippen LogP contribution in [-0.2, 0) is 14.4 Å². The van der Waals surface area contributed by atoms with Crippen LogP contribution in [0.1, 0.15) is 6.42 Å². The number of hydrogen-bond acceptors (Lipinski definition) is 4. The molecule has 0 bridgehead atoms. The highest BCUT2D eigenvalue weighted by atomic mass is 16.5. The molecule has 2 N–H and O–H groups in total. The van der Waals surface area contributed by atoms with Crippen LogP contribution in [0.5, 0.6) is 0 Å². The lowest BCUT2D eigenvalue weighted by Gasteiger charge is -2.01. The zero-order valence-corrected chi connectivity index (χ0v) is 6.51. The van der Waals surface area contributed by atoms with E-state index >= 15 is 0 Å². The smallest absolute Gasteiger partial charge is 0.328 e. The van der Waals surface area contributed by atoms with Gasteiger partial charge in [-0.3, -0.25) is 14.8 Å². The highest BCUT2D eigenvalue weighted by Gasteiger charge is 2.36. The van der Waals surface area contributed by atoms with Gasteiger partial charge in [0.25, 0.3) is 11.8 Å². The average Bonchev–Trinajstić information content (AvgIpc) is 2.29. The largest absolute Gasteiger partial charge is 0.478 e. The van der Waals surface area contributed by atoms with Crippen molar-refractivity contribution < 1.29 is 24.7 Å². The Hall–Kier alpha value is -1.69. The summed E-state index contributed by atoms with van der Waals surface area (Å²) >= 11 is 0. The van der Waals surface area contributed by atoms with Gasteiger partial charge in [-0.2, -0.15) is 5.06 Å². The van der Waals surface area contributed by atoms with E-state index in [1.54, 1.807) is 0 Å². The van der Waals surface area contributed by atoms with Crippen LogP contribution in [0.3, 0.4) is 0 Å². The zero-order chi connectivity index (χ0) is 10.0. The van der Waals surface area contributed by atoms with Gasteiger partial charge in [0, 0.05) is 12.5 Å². The Morgan fingerprint density at radius 2 is 2.15 bits per heavy atom. The summed E-state index contributed by atoms with van der Waals surface area (Å²) in [5.41, 5.74) is 0. The summed E-state index contributed by atoms with van der Waals surface area (Å²) in [6.45, 7) is 0. The monoisotopic (exact) mass is 185 g/mol. The first-order valence-electron chi connectivity index (χ1n) is 3.49. The van der Waals surface area contributed by atoms with Gasteiger partial charge in [0.05, 0.1) is 5.92 Å². The van der Waals surface area contributed by atoms with E-state index in [9.17, 15) is 14.4 Å². The van der Waals surface area contributed by atoms with Gasteiger partial charge in [-0.1, -0.05) is 6.08 Å². The van der Waals surface area contributed by atoms with Gasteiger partial charge < -0.3 is 5.11 Å². The fraction of sp³-hybridized carbons (Fsp3) is 0.286. The molecule has 6 nitrogen and oxygen atoms in total. The van der Waals surface area contributed by atoms with E-state index in [0.717, 1.165) is 12.2 Å². The van der Waals surface area contributed by atoms with Gasteiger partial charge in [0.1, 0.15) is 0 Å². The number of carboxylic acids is 1. The molecule has 0 spiro atoms. The van der Waals surface area contributed by atoms with E-state index in [1.165, 1.54) is 0 Å². The molecule has 0 saturated carbocycles. The van der Waals surface area contributed by atoms with Crippen molar-refractivity contribution in [3.63, 3.8) is 0 Å². The lowest BCUT2D eigenvalue weighted by molar-refractivity contribution is -0.171. The number of amides is 2. The van der Waals surface area contributed by atoms with Crippen molar-refractivity contribution in [2.45, 2.75) is 6.42 Å². The number of hydroxylamine groups is 2. The molecule has 0 radical (unpaired) electrons. The zero-order valence-electron chi connectivity index (χ0n) is 6.51. The Labute approximate surface area is 73.0 Å². The fourth-order valence-electron chi connectivity index (χ4n) is 0.991. The van der Waals surface area contributed by atoms with E-state index in [0.29, 0.717) is 0 Å². The van der Waals surface area contributed by atoms with Gasteiger partial charge in [-0.15, -0.1) is 0 Å². The number of nitrogens with zero attached hydrogens (tertiary/aromatic N) is 1. The Balaban J connectivity index is 2.69. The van der Waals surface area contributed by atoms with Crippen LogP contribution in [0.4, 0.5) is 0 Å². The van der Waals surface area contributed by atoms with Gasteiger partial charge >= 0.3 is 5.97 Å². The van der Waals surface area contributed by atoms with Gasteiger partial charge in [0.2, 0.25) is 0 Å². The maximum atomic E-state index is 10.9. The molecule has 70 valence electrons. The molecular formula is C7H7NO5. The molecule has 1 saturated heterocycles. The van der Waals surface area contributed by atoms with Crippen LogP contribution in [0.15, 0.2) is 12.2 Å². The number of rotatable bonds is 2. The summed E-state index contributed by atoms with van der Waals surface area (Å²) in [4.78, 5) is 31.7. The third-order valence-electron chi connectivity index (χ3n) is 1.63. The second-order valence-electron chi connectivity index (χ2n) is 2.55. The normalized spacial score (nSPS) is 23.2. The Morgan fingerprint density at radius 3 is 2.54 bits per heavy atom. The van der Waals surface area contributed by atoms with E-state index < -0.39 is 23.7 Å². The summed E-state index contributed by atoms with van der Waals surface area (Å²) in [6, 6.07) is 0. The molecule has 1 aliphatic heterocycles. The Bertz CT molecular complexity index is 295. The van der Waals surface area contributed by atoms with Crippen LogP contribution in [-0.4, -0.2) is 33.2 Å². The number of carbonyl (C=O) groups excluding carboxylic acids is 2. The molecule has 1 aliphatic rings. The summed E-state index contributed by atoms with van der Waals surface area (Å²) in [6.07, 6.45) is 1.67. The lowest BCUT2D eigenvalue weighted by Crippen LogP contribution is -2.26. The quantitative estimate of drug-likeness (QED) is 0.340. The molecule has 0 aromatic carbocycles. The van der Waals surface area contributed by atoms with Crippen molar-refractivity contribution in [3.8, 4) is 0 Å². The topological polar surface area (TPSA) is 94.9 Å². The van der Waals surface area contributed by atoms with Crippen molar-refractivity contribution in [2.75, 3.05) is 0 Å². The number of aliphatic carboxylic acids is 1. The van der Waals surface area contributed by atoms with Gasteiger partial charge in [-0.25, -0.2) is 4.79 Å². The minimum Gasteiger partial charge on any atom is -0.478 e. The fourth-order valence-corrected chi connectivity index (χ4v) is 0.991. The van der Waals surface area contributed by atoms with Crippen molar-refractivity contribution in [2.24, 2.45) is 5.92 Å². The molecule has 0 aromatic heterocycles. The SMILES string of the molecule is O=C(O)C=CC1CC(=O)N(O)C1=O. The van der Waals surface area contributed by atoms with Crippen molar-refractivity contribution in [1.29, 1.82) is 0 Å². The number of hydrogen-bond donors (Lipinski definition) is 2. The molecule has 1 rings (SSSR count). The average molecular weight is 185 g/mol. The van der Waals surface area contributed by atoms with Crippen LogP contribution in [0.2, 0.25) is 0 Å². The van der Waals surface area contributed by atoms with E-state index in [2.05, 4.69) is 0 Å². The maximum Gasteiger partial charge on any atom is 0.328 e. The minimum atomic E-state index is -1.20. The number of carbonyl (C=O) groups is 3. The number of imide groups is 1. The first kappa shape index (κ1) is 9.40. The van der Waals surface area contributed by atoms with E-state index in [-0.39, 0.29) is 11.5 Å². The van der Waals surface area contributed by atoms with Crippen molar-refractivity contribution in [3.05, 3.63) is 12.2 Å². The van der Waals surface area contributed by atoms with E-state index in [1.807, 2.05) is 0 Å². The molecule has 13 heavy (non-hydrogen) atoms. The molecule has 1 atom stereocenters. The molecule has 6 heteroatoms. The van der Waals surface area contributed by atoms with Crippen LogP contribution < -0.4 is 0 Å². The second-order valence-corrected chi connectivity index (χ2v) is 2.55. The molecule has 1 fully saturated rings. The Morgan fingerprint density at radius 1 is 1.54 bits per heavy atom. The predicted octanol–water partition coefficient (Wildman–Crippen LogP) is -0.608. The molecule has 0 aliphatic carbocycles. The number of carboxylic acid groups (broad SMARTS) is 1. The third-order valence-corrected chi connectivity index (χ3v) is 1.63. The van der Waals surface area contributed by atoms with Crippen LogP contribution in [0.25, 0.3) is 0 Å². The van der Waals surface area contributed by atoms with Gasteiger partial charge in [0.15, 0.2) is 0 Å². The molecule has 1 heterocycles. The van der Waals surface area contributed by atoms with Crippen molar-refractivity contribution >= 4 is 17.8 Å². The van der Waals surface area contributed by atoms with Gasteiger partial charge in [-0.05, 0) is 0 Å². The Kier molecular flexibility index (Phi) is 2.43. The highest BCUT2D eigenvalue weighted by Crippen LogP contribution is 2.18. The minimum absolute atomic E-state index is 0.0108. The predicted molar refractivity (Wildman–Crippen MR) is 38.5 cm³/mol. The molecular weight excluding hydrogens is 178 g/mol. The standard InChI is InChI=1S/C7H7NO5/c9-5-3-4(1-2-6(10)11)7(12)8(5)13/h1-2,4,13H,3H2,(H,10,11).